The fraction of sp³-hybridized carbons (Fsp3) is 0.364. The SMILES string of the molecule is C.C.CN.CN.[CH3-].[W].c1ccccc1. The van der Waals surface area contributed by atoms with Gasteiger partial charge in [-0.3, -0.25) is 0 Å². The van der Waals surface area contributed by atoms with Crippen molar-refractivity contribution in [3.63, 3.8) is 0 Å². The average molecular weight is 371 g/mol. The Morgan fingerprint density at radius 1 is 0.571 bits per heavy atom. The van der Waals surface area contributed by atoms with Crippen LogP contribution in [0.2, 0.25) is 0 Å². The average Bonchev–Trinajstić information content (AvgIpc) is 2.14. The first-order valence-corrected chi connectivity index (χ1v) is 3.15. The molecule has 0 radical (unpaired) electrons. The van der Waals surface area contributed by atoms with Crippen molar-refractivity contribution in [1.82, 2.24) is 0 Å². The van der Waals surface area contributed by atoms with E-state index in [1.807, 2.05) is 36.4 Å². The van der Waals surface area contributed by atoms with Gasteiger partial charge in [0.2, 0.25) is 0 Å². The first-order chi connectivity index (χ1) is 5.00. The third-order valence-electron chi connectivity index (χ3n) is 0.667. The molecule has 1 aromatic carbocycles. The Bertz CT molecular complexity index is 85.2. The summed E-state index contributed by atoms with van der Waals surface area (Å²) in [6, 6.07) is 12.0. The predicted molar refractivity (Wildman–Crippen MR) is 66.5 cm³/mol. The molecule has 88 valence electrons. The molecule has 0 aromatic heterocycles. The van der Waals surface area contributed by atoms with Gasteiger partial charge in [-0.25, -0.2) is 0 Å². The Labute approximate surface area is 105 Å². The molecule has 4 N–H and O–H groups in total. The number of hydrogen-bond donors (Lipinski definition) is 2. The molecule has 1 rings (SSSR count). The van der Waals surface area contributed by atoms with Crippen molar-refractivity contribution in [3.8, 4) is 0 Å². The summed E-state index contributed by atoms with van der Waals surface area (Å²) in [6.07, 6.45) is 0. The molecule has 1 aromatic rings. The molecule has 0 atom stereocenters. The zero-order valence-electron chi connectivity index (χ0n) is 8.03. The van der Waals surface area contributed by atoms with Crippen molar-refractivity contribution in [1.29, 1.82) is 0 Å². The Kier molecular flexibility index (Phi) is 140. The zero-order valence-corrected chi connectivity index (χ0v) is 11.0. The molecule has 0 unspecified atom stereocenters. The molecule has 0 amide bonds. The van der Waals surface area contributed by atoms with Crippen LogP contribution in [-0.2, 0) is 21.1 Å². The fourth-order valence-corrected chi connectivity index (χ4v) is 0.385. The molecule has 0 spiro atoms. The minimum atomic E-state index is 0. The topological polar surface area (TPSA) is 52.0 Å². The van der Waals surface area contributed by atoms with Crippen molar-refractivity contribution < 1.29 is 21.1 Å². The molecule has 0 saturated heterocycles. The standard InChI is InChI=1S/C6H6.2CH5N.2CH4.CH3.W/c1-2-4-6-5-3-1;2*1-2;;;;/h1-6H;2*2H2,1H3;2*1H4;1H3;/q;;;;;-1;. The molecule has 0 heterocycles. The van der Waals surface area contributed by atoms with E-state index in [9.17, 15) is 0 Å². The van der Waals surface area contributed by atoms with Crippen LogP contribution in [0.3, 0.4) is 0 Å². The van der Waals surface area contributed by atoms with Crippen molar-refractivity contribution in [3.05, 3.63) is 43.8 Å². The van der Waals surface area contributed by atoms with Crippen LogP contribution >= 0.6 is 0 Å². The summed E-state index contributed by atoms with van der Waals surface area (Å²) < 4.78 is 0. The molecule has 0 bridgehead atoms. The van der Waals surface area contributed by atoms with Gasteiger partial charge in [-0.2, -0.15) is 0 Å². The van der Waals surface area contributed by atoms with E-state index in [0.29, 0.717) is 0 Å². The summed E-state index contributed by atoms with van der Waals surface area (Å²) in [4.78, 5) is 0. The van der Waals surface area contributed by atoms with Gasteiger partial charge in [0, 0.05) is 21.1 Å². The van der Waals surface area contributed by atoms with Crippen molar-refractivity contribution in [2.24, 2.45) is 11.5 Å². The molecule has 14 heavy (non-hydrogen) atoms. The fourth-order valence-electron chi connectivity index (χ4n) is 0.385. The molecule has 0 aliphatic rings. The van der Waals surface area contributed by atoms with Crippen LogP contribution in [-0.4, -0.2) is 14.1 Å². The molecular formula is C11H27N2W-. The van der Waals surface area contributed by atoms with E-state index in [4.69, 9.17) is 0 Å². The summed E-state index contributed by atoms with van der Waals surface area (Å²) >= 11 is 0. The maximum atomic E-state index is 4.50. The van der Waals surface area contributed by atoms with Gasteiger partial charge in [-0.1, -0.05) is 51.3 Å². The van der Waals surface area contributed by atoms with Crippen LogP contribution in [0, 0.1) is 7.43 Å². The van der Waals surface area contributed by atoms with Crippen molar-refractivity contribution in [2.45, 2.75) is 14.9 Å². The van der Waals surface area contributed by atoms with Gasteiger partial charge in [0.1, 0.15) is 0 Å². The van der Waals surface area contributed by atoms with E-state index in [0.717, 1.165) is 0 Å². The van der Waals surface area contributed by atoms with Crippen LogP contribution < -0.4 is 11.5 Å². The van der Waals surface area contributed by atoms with E-state index in [1.54, 1.807) is 0 Å². The Hall–Kier alpha value is -0.172. The van der Waals surface area contributed by atoms with Crippen LogP contribution in [0.5, 0.6) is 0 Å². The Balaban J connectivity index is -0.0000000183. The quantitative estimate of drug-likeness (QED) is 0.689. The summed E-state index contributed by atoms with van der Waals surface area (Å²) in [6.45, 7) is 0. The molecule has 3 heteroatoms. The van der Waals surface area contributed by atoms with E-state index in [2.05, 4.69) is 11.5 Å². The molecule has 0 saturated carbocycles. The first kappa shape index (κ1) is 37.1. The van der Waals surface area contributed by atoms with E-state index in [1.165, 1.54) is 14.1 Å². The van der Waals surface area contributed by atoms with Gasteiger partial charge in [0.05, 0.1) is 0 Å². The maximum absolute atomic E-state index is 4.50. The van der Waals surface area contributed by atoms with Gasteiger partial charge < -0.3 is 18.9 Å². The first-order valence-electron chi connectivity index (χ1n) is 3.15. The molecule has 2 nitrogen and oxygen atoms in total. The Morgan fingerprint density at radius 2 is 0.643 bits per heavy atom. The monoisotopic (exact) mass is 371 g/mol. The second kappa shape index (κ2) is 52.8. The normalized spacial score (nSPS) is 4.29. The number of nitrogens with two attached hydrogens (primary N) is 2. The summed E-state index contributed by atoms with van der Waals surface area (Å²) in [5, 5.41) is 0. The van der Waals surface area contributed by atoms with Crippen LogP contribution in [0.25, 0.3) is 0 Å². The predicted octanol–water partition coefficient (Wildman–Crippen LogP) is 2.56. The summed E-state index contributed by atoms with van der Waals surface area (Å²) in [5.41, 5.74) is 9.00. The second-order valence-corrected chi connectivity index (χ2v) is 1.15. The van der Waals surface area contributed by atoms with Gasteiger partial charge in [0.25, 0.3) is 0 Å². The van der Waals surface area contributed by atoms with Crippen LogP contribution in [0.15, 0.2) is 36.4 Å². The van der Waals surface area contributed by atoms with Crippen LogP contribution in [0.1, 0.15) is 14.9 Å². The van der Waals surface area contributed by atoms with Crippen molar-refractivity contribution >= 4 is 0 Å². The molecular weight excluding hydrogens is 344 g/mol. The number of hydrogen-bond acceptors (Lipinski definition) is 2. The van der Waals surface area contributed by atoms with Crippen molar-refractivity contribution in [2.75, 3.05) is 14.1 Å². The summed E-state index contributed by atoms with van der Waals surface area (Å²) in [7, 11) is 3.00. The Morgan fingerprint density at radius 3 is 0.714 bits per heavy atom. The van der Waals surface area contributed by atoms with E-state index in [-0.39, 0.29) is 43.3 Å². The van der Waals surface area contributed by atoms with E-state index >= 15 is 0 Å². The molecule has 0 aliphatic heterocycles. The third-order valence-corrected chi connectivity index (χ3v) is 0.667. The molecule has 0 fully saturated rings. The number of benzene rings is 1. The minimum absolute atomic E-state index is 0. The smallest absolute Gasteiger partial charge is 0 e. The maximum Gasteiger partial charge on any atom is 0 e. The van der Waals surface area contributed by atoms with Gasteiger partial charge in [0.15, 0.2) is 0 Å². The van der Waals surface area contributed by atoms with Crippen LogP contribution in [0.4, 0.5) is 0 Å². The second-order valence-electron chi connectivity index (χ2n) is 1.15. The largest absolute Gasteiger partial charge is 0.358 e. The summed E-state index contributed by atoms with van der Waals surface area (Å²) in [5.74, 6) is 0. The van der Waals surface area contributed by atoms with E-state index < -0.39 is 0 Å². The number of rotatable bonds is 0. The van der Waals surface area contributed by atoms with Gasteiger partial charge in [-0.15, -0.1) is 0 Å². The van der Waals surface area contributed by atoms with Gasteiger partial charge >= 0.3 is 0 Å². The zero-order chi connectivity index (χ0) is 8.24. The molecule has 0 aliphatic carbocycles. The minimum Gasteiger partial charge on any atom is -0.358 e. The van der Waals surface area contributed by atoms with Gasteiger partial charge in [-0.05, 0) is 14.1 Å². The third kappa shape index (κ3) is 40.8.